The Labute approximate surface area is 170 Å². The number of nitrogens with one attached hydrogen (secondary N) is 2. The zero-order valence-corrected chi connectivity index (χ0v) is 18.5. The van der Waals surface area contributed by atoms with E-state index in [1.54, 1.807) is 0 Å². The highest BCUT2D eigenvalue weighted by Crippen LogP contribution is 2.29. The summed E-state index contributed by atoms with van der Waals surface area (Å²) in [7, 11) is 0. The van der Waals surface area contributed by atoms with Gasteiger partial charge in [-0.2, -0.15) is 0 Å². The Balaban J connectivity index is 0.000000161. The molecule has 6 heteroatoms. The maximum absolute atomic E-state index is 11.2. The average molecular weight is 391 g/mol. The molecule has 0 radical (unpaired) electrons. The molecule has 6 nitrogen and oxygen atoms in total. The van der Waals surface area contributed by atoms with Crippen molar-refractivity contribution in [1.29, 1.82) is 0 Å². The van der Waals surface area contributed by atoms with Crippen LogP contribution in [-0.4, -0.2) is 64.9 Å². The zero-order valence-electron chi connectivity index (χ0n) is 18.5. The van der Waals surface area contributed by atoms with E-state index in [-0.39, 0.29) is 22.9 Å². The number of hydrogen-bond donors (Lipinski definition) is 2. The molecule has 2 amide bonds. The second-order valence-electron chi connectivity index (χ2n) is 10.7. The van der Waals surface area contributed by atoms with Gasteiger partial charge in [-0.15, -0.1) is 0 Å². The van der Waals surface area contributed by atoms with E-state index in [1.807, 2.05) is 0 Å². The molecule has 158 valence electrons. The molecule has 0 spiro atoms. The van der Waals surface area contributed by atoms with Gasteiger partial charge in [-0.1, -0.05) is 0 Å². The third-order valence-corrected chi connectivity index (χ3v) is 6.53. The maximum Gasteiger partial charge on any atom is 0.228 e. The predicted octanol–water partition coefficient (Wildman–Crippen LogP) is 2.26. The van der Waals surface area contributed by atoms with Crippen molar-refractivity contribution in [3.05, 3.63) is 11.3 Å². The van der Waals surface area contributed by atoms with Crippen LogP contribution in [0.1, 0.15) is 67.2 Å². The van der Waals surface area contributed by atoms with Crippen LogP contribution in [0.2, 0.25) is 0 Å². The normalized spacial score (nSPS) is 28.9. The summed E-state index contributed by atoms with van der Waals surface area (Å²) in [6, 6.07) is 0.459. The summed E-state index contributed by atoms with van der Waals surface area (Å²) >= 11 is 0. The number of hydrogen-bond acceptors (Lipinski definition) is 4. The van der Waals surface area contributed by atoms with Gasteiger partial charge in [-0.05, 0) is 53.5 Å². The lowest BCUT2D eigenvalue weighted by molar-refractivity contribution is -0.120. The van der Waals surface area contributed by atoms with Gasteiger partial charge in [0.2, 0.25) is 11.8 Å². The number of rotatable bonds is 0. The van der Waals surface area contributed by atoms with Crippen LogP contribution in [0.25, 0.3) is 0 Å². The lowest BCUT2D eigenvalue weighted by Crippen LogP contribution is -2.51. The van der Waals surface area contributed by atoms with E-state index in [9.17, 15) is 9.59 Å². The monoisotopic (exact) mass is 390 g/mol. The van der Waals surface area contributed by atoms with Gasteiger partial charge >= 0.3 is 0 Å². The van der Waals surface area contributed by atoms with Crippen molar-refractivity contribution in [2.75, 3.05) is 26.2 Å². The first kappa shape index (κ1) is 21.3. The van der Waals surface area contributed by atoms with Gasteiger partial charge < -0.3 is 10.6 Å². The van der Waals surface area contributed by atoms with Crippen LogP contribution in [-0.2, 0) is 9.59 Å². The number of likely N-dealkylation sites (tertiary alicyclic amines) is 1. The first-order valence-corrected chi connectivity index (χ1v) is 10.7. The summed E-state index contributed by atoms with van der Waals surface area (Å²) in [5.41, 5.74) is 2.95. The van der Waals surface area contributed by atoms with Gasteiger partial charge in [0.25, 0.3) is 0 Å². The van der Waals surface area contributed by atoms with E-state index in [0.29, 0.717) is 18.4 Å². The van der Waals surface area contributed by atoms with Crippen LogP contribution >= 0.6 is 0 Å². The molecule has 2 unspecified atom stereocenters. The van der Waals surface area contributed by atoms with Gasteiger partial charge in [-0.3, -0.25) is 19.4 Å². The quantitative estimate of drug-likeness (QED) is 0.666. The smallest absolute Gasteiger partial charge is 0.228 e. The summed E-state index contributed by atoms with van der Waals surface area (Å²) < 4.78 is 0. The van der Waals surface area contributed by atoms with Gasteiger partial charge in [0.1, 0.15) is 0 Å². The maximum atomic E-state index is 11.2. The molecule has 0 aromatic rings. The number of carbonyl (C=O) groups excluding carboxylic acids is 2. The Hall–Kier alpha value is -1.40. The van der Waals surface area contributed by atoms with Crippen LogP contribution in [0.5, 0.6) is 0 Å². The summed E-state index contributed by atoms with van der Waals surface area (Å²) in [4.78, 5) is 27.4. The van der Waals surface area contributed by atoms with Crippen LogP contribution in [0.4, 0.5) is 0 Å². The summed E-state index contributed by atoms with van der Waals surface area (Å²) in [6.07, 6.45) is 3.46. The lowest BCUT2D eigenvalue weighted by atomic mass is 9.90. The third kappa shape index (κ3) is 4.95. The van der Waals surface area contributed by atoms with E-state index in [1.165, 1.54) is 11.3 Å². The van der Waals surface area contributed by atoms with Crippen LogP contribution in [0.3, 0.4) is 0 Å². The number of carbonyl (C=O) groups is 2. The Kier molecular flexibility index (Phi) is 5.93. The number of nitrogens with zero attached hydrogens (tertiary/aromatic N) is 2. The fourth-order valence-corrected chi connectivity index (χ4v) is 4.66. The first-order valence-electron chi connectivity index (χ1n) is 10.7. The molecule has 0 aliphatic carbocycles. The van der Waals surface area contributed by atoms with Gasteiger partial charge in [0.05, 0.1) is 6.42 Å². The van der Waals surface area contributed by atoms with Crippen molar-refractivity contribution in [2.45, 2.75) is 84.3 Å². The number of piperidine rings is 1. The van der Waals surface area contributed by atoms with E-state index in [0.717, 1.165) is 45.4 Å². The molecular formula is C22H38N4O2. The summed E-state index contributed by atoms with van der Waals surface area (Å²) in [5.74, 6) is 0.969. The van der Waals surface area contributed by atoms with Crippen molar-refractivity contribution < 1.29 is 9.59 Å². The molecule has 4 aliphatic rings. The first-order chi connectivity index (χ1) is 12.9. The molecule has 0 bridgehead atoms. The van der Waals surface area contributed by atoms with Crippen molar-refractivity contribution in [1.82, 2.24) is 20.4 Å². The highest BCUT2D eigenvalue weighted by Gasteiger charge is 2.39. The SMILES string of the molecule is CC(C)(C)N1CCC2=C(CC(=O)N2)C1.CC(C)(C)N1CCC2NC(=O)CC2C1. The molecule has 2 saturated heterocycles. The highest BCUT2D eigenvalue weighted by molar-refractivity contribution is 5.84. The predicted molar refractivity (Wildman–Crippen MR) is 112 cm³/mol. The second-order valence-corrected chi connectivity index (χ2v) is 10.7. The molecule has 4 aliphatic heterocycles. The van der Waals surface area contributed by atoms with Gasteiger partial charge in [0, 0.05) is 67.8 Å². The molecule has 0 aromatic heterocycles. The molecule has 2 N–H and O–H groups in total. The van der Waals surface area contributed by atoms with Gasteiger partial charge in [-0.25, -0.2) is 0 Å². The number of amides is 2. The van der Waals surface area contributed by atoms with Crippen molar-refractivity contribution in [3.8, 4) is 0 Å². The Morgan fingerprint density at radius 1 is 0.929 bits per heavy atom. The van der Waals surface area contributed by atoms with E-state index >= 15 is 0 Å². The molecule has 4 rings (SSSR count). The van der Waals surface area contributed by atoms with Crippen LogP contribution in [0.15, 0.2) is 11.3 Å². The molecule has 0 aromatic carbocycles. The summed E-state index contributed by atoms with van der Waals surface area (Å²) in [6.45, 7) is 17.6. The summed E-state index contributed by atoms with van der Waals surface area (Å²) in [5, 5.41) is 6.00. The fraction of sp³-hybridized carbons (Fsp3) is 0.818. The lowest BCUT2D eigenvalue weighted by Gasteiger charge is -2.42. The number of fused-ring (bicyclic) bond motifs is 1. The topological polar surface area (TPSA) is 64.7 Å². The minimum atomic E-state index is 0.172. The fourth-order valence-electron chi connectivity index (χ4n) is 4.66. The van der Waals surface area contributed by atoms with Crippen molar-refractivity contribution in [2.24, 2.45) is 5.92 Å². The molecule has 28 heavy (non-hydrogen) atoms. The second kappa shape index (κ2) is 7.79. The van der Waals surface area contributed by atoms with E-state index in [2.05, 4.69) is 62.0 Å². The molecule has 4 heterocycles. The van der Waals surface area contributed by atoms with Crippen LogP contribution in [0, 0.1) is 5.92 Å². The van der Waals surface area contributed by atoms with E-state index in [4.69, 9.17) is 0 Å². The molecule has 2 atom stereocenters. The Morgan fingerprint density at radius 2 is 1.61 bits per heavy atom. The van der Waals surface area contributed by atoms with Crippen LogP contribution < -0.4 is 10.6 Å². The third-order valence-electron chi connectivity index (χ3n) is 6.53. The zero-order chi connectivity index (χ0) is 20.7. The highest BCUT2D eigenvalue weighted by atomic mass is 16.2. The van der Waals surface area contributed by atoms with Crippen molar-refractivity contribution >= 4 is 11.8 Å². The Bertz CT molecular complexity index is 654. The Morgan fingerprint density at radius 3 is 2.25 bits per heavy atom. The molecule has 2 fully saturated rings. The largest absolute Gasteiger partial charge is 0.353 e. The molecule has 0 saturated carbocycles. The molecular weight excluding hydrogens is 352 g/mol. The standard InChI is InChI=1S/C11H20N2O.C11H18N2O/c2*1-11(2,3)13-5-4-9-8(7-13)6-10(14)12-9/h8-9H,4-7H2,1-3H3,(H,12,14);4-7H2,1-3H3,(H,12,14). The minimum absolute atomic E-state index is 0.172. The van der Waals surface area contributed by atoms with Crippen molar-refractivity contribution in [3.63, 3.8) is 0 Å². The average Bonchev–Trinajstić information content (AvgIpc) is 3.12. The minimum Gasteiger partial charge on any atom is -0.353 e. The van der Waals surface area contributed by atoms with Gasteiger partial charge in [0.15, 0.2) is 0 Å². The van der Waals surface area contributed by atoms with E-state index < -0.39 is 0 Å².